The third-order valence-corrected chi connectivity index (χ3v) is 9.74. The second-order valence-electron chi connectivity index (χ2n) is 15.2. The average Bonchev–Trinajstić information content (AvgIpc) is 3.52. The summed E-state index contributed by atoms with van der Waals surface area (Å²) in [5, 5.41) is 2.72. The summed E-state index contributed by atoms with van der Waals surface area (Å²) < 4.78 is 0. The molecule has 0 nitrogen and oxygen atoms in total. The van der Waals surface area contributed by atoms with Gasteiger partial charge in [-0.1, -0.05) is 156 Å². The van der Waals surface area contributed by atoms with Crippen molar-refractivity contribution in [1.82, 2.24) is 0 Å². The maximum atomic E-state index is 2.53. The van der Waals surface area contributed by atoms with Crippen molar-refractivity contribution in [1.29, 1.82) is 0 Å². The standard InChI is InChI=1S/C45H44/c1-28-19-21-36-32(23-28)24-29(2)40(36)42-38-26-33-25-34(44(3,4)5)20-22-35(33)37(38)27-39(43(42)45(6,7)8)41(30-15-11-9-12-16-30)31-17-13-10-14-18-31/h9-27,40H,1-8H3. The van der Waals surface area contributed by atoms with Crippen LogP contribution in [0.25, 0.3) is 28.9 Å². The first-order chi connectivity index (χ1) is 21.4. The topological polar surface area (TPSA) is 0 Å². The molecule has 5 aromatic carbocycles. The van der Waals surface area contributed by atoms with E-state index in [-0.39, 0.29) is 16.7 Å². The zero-order valence-electron chi connectivity index (χ0n) is 28.0. The fraction of sp³-hybridized carbons (Fsp3) is 0.244. The predicted molar refractivity (Wildman–Crippen MR) is 193 cm³/mol. The fourth-order valence-electron chi connectivity index (χ4n) is 7.68. The van der Waals surface area contributed by atoms with Gasteiger partial charge in [0.1, 0.15) is 0 Å². The molecule has 45 heavy (non-hydrogen) atoms. The van der Waals surface area contributed by atoms with Gasteiger partial charge in [-0.3, -0.25) is 0 Å². The summed E-state index contributed by atoms with van der Waals surface area (Å²) in [7, 11) is 0. The van der Waals surface area contributed by atoms with Gasteiger partial charge in [0.2, 0.25) is 0 Å². The first-order valence-corrected chi connectivity index (χ1v) is 16.4. The summed E-state index contributed by atoms with van der Waals surface area (Å²) in [6.07, 6.45) is 4.93. The van der Waals surface area contributed by atoms with Crippen LogP contribution in [0.4, 0.5) is 0 Å². The summed E-state index contributed by atoms with van der Waals surface area (Å²) >= 11 is 0. The normalized spacial score (nSPS) is 15.2. The van der Waals surface area contributed by atoms with E-state index >= 15 is 0 Å². The van der Waals surface area contributed by atoms with Crippen molar-refractivity contribution in [2.45, 2.75) is 72.1 Å². The number of allylic oxidation sites excluding steroid dienone is 1. The average molecular weight is 585 g/mol. The number of hydrogen-bond donors (Lipinski definition) is 0. The Morgan fingerprint density at radius 3 is 1.82 bits per heavy atom. The van der Waals surface area contributed by atoms with Crippen molar-refractivity contribution < 1.29 is 0 Å². The van der Waals surface area contributed by atoms with Crippen molar-refractivity contribution in [3.8, 4) is 11.1 Å². The number of hydrogen-bond acceptors (Lipinski definition) is 0. The molecule has 0 aromatic heterocycles. The Morgan fingerprint density at radius 1 is 0.578 bits per heavy atom. The van der Waals surface area contributed by atoms with Crippen LogP contribution in [0, 0.1) is 6.92 Å². The molecular formula is C45H44. The van der Waals surface area contributed by atoms with Crippen LogP contribution >= 0.6 is 0 Å². The Morgan fingerprint density at radius 2 is 1.22 bits per heavy atom. The van der Waals surface area contributed by atoms with Crippen LogP contribution in [0.2, 0.25) is 0 Å². The molecular weight excluding hydrogens is 540 g/mol. The van der Waals surface area contributed by atoms with E-state index in [0.717, 1.165) is 0 Å². The van der Waals surface area contributed by atoms with Crippen LogP contribution in [0.5, 0.6) is 0 Å². The second kappa shape index (κ2) is 10.6. The van der Waals surface area contributed by atoms with Crippen LogP contribution < -0.4 is 10.4 Å². The number of fused-ring (bicyclic) bond motifs is 4. The SMILES string of the molecule is CC1=Cc2cc(C)ccc2C1c1c(C(C)(C)C)c(=C(c2ccccc2)c2ccccc2)cc2c1=Cc1cc(C(C)(C)C)ccc1-2. The molecule has 0 heterocycles. The Kier molecular flexibility index (Phi) is 6.90. The lowest BCUT2D eigenvalue weighted by molar-refractivity contribution is 0.575. The number of rotatable bonds is 3. The fourth-order valence-corrected chi connectivity index (χ4v) is 7.68. The van der Waals surface area contributed by atoms with E-state index in [1.807, 2.05) is 0 Å². The molecule has 0 saturated carbocycles. The van der Waals surface area contributed by atoms with E-state index in [9.17, 15) is 0 Å². The molecule has 0 radical (unpaired) electrons. The molecule has 0 spiro atoms. The number of aryl methyl sites for hydroxylation is 1. The lowest BCUT2D eigenvalue weighted by Gasteiger charge is -2.30. The van der Waals surface area contributed by atoms with Gasteiger partial charge < -0.3 is 0 Å². The third-order valence-electron chi connectivity index (χ3n) is 9.74. The Hall–Kier alpha value is -4.42. The molecule has 7 rings (SSSR count). The minimum atomic E-state index is -0.110. The lowest BCUT2D eigenvalue weighted by Crippen LogP contribution is -2.34. The van der Waals surface area contributed by atoms with Gasteiger partial charge in [0.15, 0.2) is 0 Å². The van der Waals surface area contributed by atoms with E-state index in [1.54, 1.807) is 0 Å². The summed E-state index contributed by atoms with van der Waals surface area (Å²) in [5.74, 6) is 0.198. The lowest BCUT2D eigenvalue weighted by atomic mass is 9.73. The minimum Gasteiger partial charge on any atom is -0.0622 e. The Balaban J connectivity index is 1.70. The Labute approximate surface area is 269 Å². The summed E-state index contributed by atoms with van der Waals surface area (Å²) in [5.41, 5.74) is 17.6. The molecule has 0 N–H and O–H groups in total. The van der Waals surface area contributed by atoms with Crippen LogP contribution in [-0.2, 0) is 10.8 Å². The molecule has 224 valence electrons. The predicted octanol–water partition coefficient (Wildman–Crippen LogP) is 10.2. The van der Waals surface area contributed by atoms with Gasteiger partial charge in [0.05, 0.1) is 0 Å². The molecule has 1 unspecified atom stereocenters. The molecule has 1 atom stereocenters. The zero-order chi connectivity index (χ0) is 31.7. The van der Waals surface area contributed by atoms with Crippen LogP contribution in [0.1, 0.15) is 104 Å². The van der Waals surface area contributed by atoms with Gasteiger partial charge >= 0.3 is 0 Å². The van der Waals surface area contributed by atoms with E-state index in [0.29, 0.717) is 0 Å². The maximum Gasteiger partial charge on any atom is 0.0314 e. The number of benzene rings is 5. The van der Waals surface area contributed by atoms with Gasteiger partial charge in [-0.05, 0) is 108 Å². The highest BCUT2D eigenvalue weighted by atomic mass is 14.4. The van der Waals surface area contributed by atoms with Crippen molar-refractivity contribution in [2.24, 2.45) is 0 Å². The summed E-state index contributed by atoms with van der Waals surface area (Å²) in [4.78, 5) is 0. The zero-order valence-corrected chi connectivity index (χ0v) is 28.0. The smallest absolute Gasteiger partial charge is 0.0314 e. The van der Waals surface area contributed by atoms with E-state index in [4.69, 9.17) is 0 Å². The molecule has 2 aliphatic carbocycles. The quantitative estimate of drug-likeness (QED) is 0.194. The van der Waals surface area contributed by atoms with Gasteiger partial charge in [-0.25, -0.2) is 0 Å². The van der Waals surface area contributed by atoms with E-state index in [1.165, 1.54) is 82.8 Å². The van der Waals surface area contributed by atoms with Crippen LogP contribution in [-0.4, -0.2) is 0 Å². The third kappa shape index (κ3) is 5.01. The first kappa shape index (κ1) is 29.3. The van der Waals surface area contributed by atoms with Gasteiger partial charge in [0, 0.05) is 5.92 Å². The highest BCUT2D eigenvalue weighted by Gasteiger charge is 2.34. The monoisotopic (exact) mass is 584 g/mol. The molecule has 2 aliphatic rings. The molecule has 5 aromatic rings. The van der Waals surface area contributed by atoms with Gasteiger partial charge in [-0.15, -0.1) is 0 Å². The minimum absolute atomic E-state index is 0.0886. The van der Waals surface area contributed by atoms with Crippen LogP contribution in [0.15, 0.2) is 109 Å². The molecule has 0 amide bonds. The van der Waals surface area contributed by atoms with E-state index < -0.39 is 0 Å². The van der Waals surface area contributed by atoms with Crippen molar-refractivity contribution in [3.05, 3.63) is 169 Å². The van der Waals surface area contributed by atoms with Crippen molar-refractivity contribution in [2.75, 3.05) is 0 Å². The summed E-state index contributed by atoms with van der Waals surface area (Å²) in [6.45, 7) is 18.7. The maximum absolute atomic E-state index is 2.53. The molecule has 0 fully saturated rings. The van der Waals surface area contributed by atoms with Crippen LogP contribution in [0.3, 0.4) is 0 Å². The second-order valence-corrected chi connectivity index (χ2v) is 15.2. The highest BCUT2D eigenvalue weighted by Crippen LogP contribution is 2.44. The first-order valence-electron chi connectivity index (χ1n) is 16.4. The Bertz CT molecular complexity index is 2070. The van der Waals surface area contributed by atoms with Gasteiger partial charge in [-0.2, -0.15) is 0 Å². The summed E-state index contributed by atoms with van der Waals surface area (Å²) in [6, 6.07) is 38.7. The van der Waals surface area contributed by atoms with Crippen molar-refractivity contribution in [3.63, 3.8) is 0 Å². The highest BCUT2D eigenvalue weighted by molar-refractivity contribution is 5.88. The van der Waals surface area contributed by atoms with Gasteiger partial charge in [0.25, 0.3) is 0 Å². The molecule has 0 bridgehead atoms. The van der Waals surface area contributed by atoms with E-state index in [2.05, 4.69) is 171 Å². The molecule has 0 heteroatoms. The largest absolute Gasteiger partial charge is 0.0622 e. The molecule has 0 aliphatic heterocycles. The molecule has 0 saturated heterocycles. The van der Waals surface area contributed by atoms with Crippen molar-refractivity contribution >= 4 is 17.7 Å².